The molecule has 2 aromatic rings. The molecule has 0 heterocycles. The third-order valence-corrected chi connectivity index (χ3v) is 14.8. The van der Waals surface area contributed by atoms with Crippen LogP contribution in [0.5, 0.6) is 11.5 Å². The summed E-state index contributed by atoms with van der Waals surface area (Å²) in [5.41, 5.74) is 0. The van der Waals surface area contributed by atoms with Crippen molar-refractivity contribution in [2.24, 2.45) is 0 Å². The van der Waals surface area contributed by atoms with Crippen molar-refractivity contribution in [2.75, 3.05) is 13.2 Å². The molecule has 0 spiro atoms. The summed E-state index contributed by atoms with van der Waals surface area (Å²) in [7, 11) is 0. The number of hydrogen-bond donors (Lipinski definition) is 0. The van der Waals surface area contributed by atoms with Crippen LogP contribution in [-0.4, -0.2) is 13.2 Å². The van der Waals surface area contributed by atoms with Gasteiger partial charge in [-0.05, 0) is 0 Å². The zero-order valence-electron chi connectivity index (χ0n) is 21.3. The average molecular weight is 548 g/mol. The van der Waals surface area contributed by atoms with E-state index >= 15 is 17.6 Å². The Balaban J connectivity index is 2.04. The zero-order valence-corrected chi connectivity index (χ0v) is 22.8. The molecular formula is C30H32F4O2Ti. The summed E-state index contributed by atoms with van der Waals surface area (Å²) in [6.45, 7) is 4.49. The van der Waals surface area contributed by atoms with Crippen molar-refractivity contribution in [2.45, 2.75) is 52.4 Å². The Hall–Kier alpha value is -2.57. The van der Waals surface area contributed by atoms with Crippen molar-refractivity contribution in [3.05, 3.63) is 91.7 Å². The van der Waals surface area contributed by atoms with Crippen LogP contribution in [0.1, 0.15) is 52.4 Å². The fourth-order valence-electron chi connectivity index (χ4n) is 5.05. The molecule has 2 aromatic carbocycles. The molecule has 37 heavy (non-hydrogen) atoms. The molecule has 7 heteroatoms. The Morgan fingerprint density at radius 2 is 1.11 bits per heavy atom. The van der Waals surface area contributed by atoms with Gasteiger partial charge in [0.1, 0.15) is 0 Å². The fourth-order valence-corrected chi connectivity index (χ4v) is 13.3. The van der Waals surface area contributed by atoms with Gasteiger partial charge in [-0.3, -0.25) is 0 Å². The first-order valence-electron chi connectivity index (χ1n) is 12.9. The van der Waals surface area contributed by atoms with Gasteiger partial charge in [-0.1, -0.05) is 0 Å². The zero-order chi connectivity index (χ0) is 26.4. The molecule has 0 saturated carbocycles. The van der Waals surface area contributed by atoms with E-state index in [9.17, 15) is 0 Å². The molecular weight excluding hydrogens is 516 g/mol. The second kappa shape index (κ2) is 12.3. The maximum atomic E-state index is 16.4. The number of allylic oxidation sites excluding steroid dienone is 8. The predicted octanol–water partition coefficient (Wildman–Crippen LogP) is 7.39. The Kier molecular flexibility index (Phi) is 9.15. The van der Waals surface area contributed by atoms with E-state index in [0.29, 0.717) is 33.4 Å². The summed E-state index contributed by atoms with van der Waals surface area (Å²) in [4.78, 5) is 0. The first-order valence-corrected chi connectivity index (χ1v) is 16.0. The maximum absolute atomic E-state index is 16.4. The third-order valence-electron chi connectivity index (χ3n) is 6.88. The molecule has 2 aliphatic rings. The minimum absolute atomic E-state index is 0.103. The van der Waals surface area contributed by atoms with Gasteiger partial charge in [0.05, 0.1) is 0 Å². The van der Waals surface area contributed by atoms with E-state index in [0.717, 1.165) is 25.0 Å². The summed E-state index contributed by atoms with van der Waals surface area (Å²) >= 11 is -4.85. The number of rotatable bonds is 12. The second-order valence-corrected chi connectivity index (χ2v) is 15.2. The first-order chi connectivity index (χ1) is 18.0. The predicted molar refractivity (Wildman–Crippen MR) is 136 cm³/mol. The monoisotopic (exact) mass is 548 g/mol. The van der Waals surface area contributed by atoms with E-state index in [1.165, 1.54) is 12.1 Å². The van der Waals surface area contributed by atoms with Crippen LogP contribution in [0.3, 0.4) is 0 Å². The van der Waals surface area contributed by atoms with Crippen molar-refractivity contribution < 1.29 is 43.6 Å². The summed E-state index contributed by atoms with van der Waals surface area (Å²) in [6.07, 6.45) is 14.6. The van der Waals surface area contributed by atoms with Gasteiger partial charge in [-0.15, -0.1) is 0 Å². The summed E-state index contributed by atoms with van der Waals surface area (Å²) in [6, 6.07) is 4.83. The van der Waals surface area contributed by atoms with Crippen molar-refractivity contribution in [1.29, 1.82) is 0 Å². The van der Waals surface area contributed by atoms with Crippen LogP contribution in [0.2, 0.25) is 0 Å². The molecule has 0 amide bonds. The van der Waals surface area contributed by atoms with Gasteiger partial charge in [0.15, 0.2) is 0 Å². The Morgan fingerprint density at radius 1 is 0.676 bits per heavy atom. The molecule has 0 unspecified atom stereocenters. The molecule has 2 aliphatic carbocycles. The van der Waals surface area contributed by atoms with Crippen LogP contribution in [-0.2, 0) is 16.6 Å². The van der Waals surface area contributed by atoms with Crippen LogP contribution in [0.4, 0.5) is 17.6 Å². The topological polar surface area (TPSA) is 18.5 Å². The van der Waals surface area contributed by atoms with Gasteiger partial charge in [0.25, 0.3) is 0 Å². The van der Waals surface area contributed by atoms with E-state index in [1.54, 1.807) is 24.3 Å². The molecule has 0 aliphatic heterocycles. The van der Waals surface area contributed by atoms with E-state index in [4.69, 9.17) is 9.47 Å². The molecule has 0 atom stereocenters. The van der Waals surface area contributed by atoms with Gasteiger partial charge >= 0.3 is 220 Å². The van der Waals surface area contributed by atoms with Crippen molar-refractivity contribution >= 4 is 7.74 Å². The molecule has 2 nitrogen and oxygen atoms in total. The third kappa shape index (κ3) is 5.24. The Bertz CT molecular complexity index is 1170. The SMILES string of the molecule is CCCCOc1ccc(F)[c]([Ti]([C]2=CC=CC2)([C]2=CC=CC2)[c]2c(F)ccc(OCCCC)c2F)c1F. The average Bonchev–Trinajstić information content (AvgIpc) is 3.61. The van der Waals surface area contributed by atoms with Gasteiger partial charge in [0, 0.05) is 0 Å². The van der Waals surface area contributed by atoms with Crippen LogP contribution < -0.4 is 17.2 Å². The molecule has 196 valence electrons. The van der Waals surface area contributed by atoms with Crippen molar-refractivity contribution in [1.82, 2.24) is 0 Å². The molecule has 0 aromatic heterocycles. The van der Waals surface area contributed by atoms with Crippen LogP contribution in [0, 0.1) is 23.3 Å². The normalized spacial score (nSPS) is 14.8. The molecule has 0 bridgehead atoms. The van der Waals surface area contributed by atoms with Crippen LogP contribution in [0.25, 0.3) is 0 Å². The molecule has 0 saturated heterocycles. The Labute approximate surface area is 219 Å². The van der Waals surface area contributed by atoms with E-state index in [-0.39, 0.29) is 32.4 Å². The quantitative estimate of drug-likeness (QED) is 0.156. The van der Waals surface area contributed by atoms with Crippen LogP contribution >= 0.6 is 0 Å². The second-order valence-electron chi connectivity index (χ2n) is 9.27. The fraction of sp³-hybridized carbons (Fsp3) is 0.333. The molecule has 0 fully saturated rings. The number of unbranched alkanes of at least 4 members (excludes halogenated alkanes) is 2. The summed E-state index contributed by atoms with van der Waals surface area (Å²) < 4.78 is 76.7. The van der Waals surface area contributed by atoms with Crippen molar-refractivity contribution in [3.8, 4) is 11.5 Å². The summed E-state index contributed by atoms with van der Waals surface area (Å²) in [5.74, 6) is -3.61. The van der Waals surface area contributed by atoms with E-state index < -0.39 is 39.9 Å². The van der Waals surface area contributed by atoms with Gasteiger partial charge < -0.3 is 0 Å². The number of hydrogen-bond acceptors (Lipinski definition) is 2. The van der Waals surface area contributed by atoms with Crippen LogP contribution in [0.15, 0.2) is 68.5 Å². The first kappa shape index (κ1) is 27.5. The molecule has 0 radical (unpaired) electrons. The van der Waals surface area contributed by atoms with Gasteiger partial charge in [0.2, 0.25) is 0 Å². The minimum atomic E-state index is -4.85. The number of ether oxygens (including phenoxy) is 2. The van der Waals surface area contributed by atoms with Crippen molar-refractivity contribution in [3.63, 3.8) is 0 Å². The van der Waals surface area contributed by atoms with E-state index in [2.05, 4.69) is 0 Å². The number of halogens is 4. The summed E-state index contributed by atoms with van der Waals surface area (Å²) in [5, 5.41) is 0. The Morgan fingerprint density at radius 3 is 1.46 bits per heavy atom. The van der Waals surface area contributed by atoms with E-state index in [1.807, 2.05) is 26.0 Å². The standard InChI is InChI=1S/2C10H11F2O.2C5H5.Ti/c2*1-2-3-6-13-10-5-4-8(11)7-9(10)12;2*1-2-4-5-3-1;/h2*4-5H,2-3,6H2,1H3;2*1-3H,4H2;. The van der Waals surface area contributed by atoms with Gasteiger partial charge in [-0.2, -0.15) is 0 Å². The molecule has 0 N–H and O–H groups in total. The number of benzene rings is 2. The van der Waals surface area contributed by atoms with Gasteiger partial charge in [-0.25, -0.2) is 0 Å². The molecule has 4 rings (SSSR count).